The number of allylic oxidation sites excluding steroid dienone is 1. The molecule has 0 amide bonds. The first-order valence-corrected chi connectivity index (χ1v) is 4.41. The molecule has 80 valence electrons. The summed E-state index contributed by atoms with van der Waals surface area (Å²) < 4.78 is 4.92. The number of pyridine rings is 1. The molecule has 0 aliphatic rings. The van der Waals surface area contributed by atoms with Crippen LogP contribution in [0.25, 0.3) is 0 Å². The normalized spacial score (nSPS) is 10.9. The van der Waals surface area contributed by atoms with E-state index in [0.29, 0.717) is 17.4 Å². The van der Waals surface area contributed by atoms with Crippen molar-refractivity contribution in [3.63, 3.8) is 0 Å². The minimum atomic E-state index is 0.390. The van der Waals surface area contributed by atoms with Crippen molar-refractivity contribution in [1.82, 2.24) is 4.98 Å². The van der Waals surface area contributed by atoms with Gasteiger partial charge in [0.25, 0.3) is 0 Å². The van der Waals surface area contributed by atoms with E-state index in [1.165, 1.54) is 6.08 Å². The van der Waals surface area contributed by atoms with Gasteiger partial charge in [0.15, 0.2) is 0 Å². The molecule has 0 radical (unpaired) electrons. The molecule has 0 saturated heterocycles. The summed E-state index contributed by atoms with van der Waals surface area (Å²) in [5.74, 6) is 0.959. The number of rotatable bonds is 4. The van der Waals surface area contributed by atoms with Crippen molar-refractivity contribution >= 4 is 11.4 Å². The zero-order valence-corrected chi connectivity index (χ0v) is 8.74. The highest BCUT2D eigenvalue weighted by molar-refractivity contribution is 5.90. The maximum Gasteiger partial charge on any atom is 0.213 e. The molecule has 0 fully saturated rings. The highest BCUT2D eigenvalue weighted by Crippen LogP contribution is 2.11. The Balaban J connectivity index is 2.69. The van der Waals surface area contributed by atoms with Crippen molar-refractivity contribution < 1.29 is 4.74 Å². The number of hydrogen-bond donors (Lipinski definition) is 3. The lowest BCUT2D eigenvalue weighted by Gasteiger charge is -2.06. The van der Waals surface area contributed by atoms with Crippen LogP contribution in [0, 0.1) is 5.41 Å². The molecule has 1 aromatic rings. The molecule has 0 unspecified atom stereocenters. The van der Waals surface area contributed by atoms with Crippen molar-refractivity contribution in [2.45, 2.75) is 6.92 Å². The van der Waals surface area contributed by atoms with Gasteiger partial charge in [-0.3, -0.25) is 0 Å². The van der Waals surface area contributed by atoms with Gasteiger partial charge in [0.2, 0.25) is 5.88 Å². The number of nitrogens with one attached hydrogen (secondary N) is 2. The molecule has 0 aliphatic heterocycles. The van der Waals surface area contributed by atoms with Crippen LogP contribution in [0.2, 0.25) is 0 Å². The van der Waals surface area contributed by atoms with Gasteiger partial charge < -0.3 is 21.2 Å². The van der Waals surface area contributed by atoms with Crippen molar-refractivity contribution in [3.05, 3.63) is 30.2 Å². The van der Waals surface area contributed by atoms with E-state index in [0.717, 1.165) is 5.69 Å². The maximum atomic E-state index is 7.22. The fraction of sp³-hybridized carbons (Fsp3) is 0.200. The number of nitrogens with two attached hydrogens (primary N) is 1. The van der Waals surface area contributed by atoms with Crippen LogP contribution in [0.5, 0.6) is 5.88 Å². The van der Waals surface area contributed by atoms with E-state index in [9.17, 15) is 0 Å². The Hall–Kier alpha value is -2.04. The van der Waals surface area contributed by atoms with Gasteiger partial charge >= 0.3 is 0 Å². The second-order valence-electron chi connectivity index (χ2n) is 3.00. The number of methoxy groups -OCH3 is 1. The highest BCUT2D eigenvalue weighted by Gasteiger charge is 1.96. The number of hydrogen-bond acceptors (Lipinski definition) is 5. The van der Waals surface area contributed by atoms with E-state index in [1.807, 2.05) is 0 Å². The van der Waals surface area contributed by atoms with E-state index in [-0.39, 0.29) is 0 Å². The highest BCUT2D eigenvalue weighted by atomic mass is 16.5. The van der Waals surface area contributed by atoms with Gasteiger partial charge in [0, 0.05) is 11.8 Å². The smallest absolute Gasteiger partial charge is 0.213 e. The van der Waals surface area contributed by atoms with Crippen LogP contribution in [-0.2, 0) is 0 Å². The predicted molar refractivity (Wildman–Crippen MR) is 60.1 cm³/mol. The molecule has 0 aromatic carbocycles. The standard InChI is InChI=1S/C10H14N4O/c1-7(11)5-9(12)14-8-3-4-10(15-2)13-6-8/h3-6,11,14H,12H2,1-2H3/b9-5-,11-7?. The Morgan fingerprint density at radius 1 is 1.60 bits per heavy atom. The summed E-state index contributed by atoms with van der Waals surface area (Å²) >= 11 is 0. The van der Waals surface area contributed by atoms with Crippen molar-refractivity contribution in [3.8, 4) is 5.88 Å². The number of ether oxygens (including phenoxy) is 1. The maximum absolute atomic E-state index is 7.22. The Labute approximate surface area is 88.5 Å². The summed E-state index contributed by atoms with van der Waals surface area (Å²) in [5.41, 5.74) is 6.77. The molecule has 4 N–H and O–H groups in total. The van der Waals surface area contributed by atoms with Crippen LogP contribution in [-0.4, -0.2) is 17.8 Å². The molecule has 1 aromatic heterocycles. The molecule has 0 saturated carbocycles. The summed E-state index contributed by atoms with van der Waals surface area (Å²) in [7, 11) is 1.56. The first-order chi connectivity index (χ1) is 7.11. The third-order valence-corrected chi connectivity index (χ3v) is 1.61. The molecule has 1 heterocycles. The van der Waals surface area contributed by atoms with E-state index in [1.54, 1.807) is 32.4 Å². The minimum Gasteiger partial charge on any atom is -0.481 e. The average molecular weight is 206 g/mol. The molecule has 0 atom stereocenters. The lowest BCUT2D eigenvalue weighted by Crippen LogP contribution is -2.10. The van der Waals surface area contributed by atoms with Gasteiger partial charge in [0.05, 0.1) is 19.0 Å². The van der Waals surface area contributed by atoms with Crippen LogP contribution in [0.4, 0.5) is 5.69 Å². The zero-order chi connectivity index (χ0) is 11.3. The van der Waals surface area contributed by atoms with Gasteiger partial charge in [-0.05, 0) is 19.1 Å². The van der Waals surface area contributed by atoms with Crippen LogP contribution in [0.1, 0.15) is 6.92 Å². The first kappa shape index (κ1) is 11.0. The van der Waals surface area contributed by atoms with E-state index in [2.05, 4.69) is 10.3 Å². The Morgan fingerprint density at radius 2 is 2.33 bits per heavy atom. The van der Waals surface area contributed by atoms with Crippen LogP contribution in [0.15, 0.2) is 30.2 Å². The summed E-state index contributed by atoms with van der Waals surface area (Å²) in [6.45, 7) is 1.65. The molecule has 5 heteroatoms. The Morgan fingerprint density at radius 3 is 2.80 bits per heavy atom. The largest absolute Gasteiger partial charge is 0.481 e. The topological polar surface area (TPSA) is 84.0 Å². The third-order valence-electron chi connectivity index (χ3n) is 1.61. The zero-order valence-electron chi connectivity index (χ0n) is 8.74. The lowest BCUT2D eigenvalue weighted by atomic mass is 10.3. The van der Waals surface area contributed by atoms with Crippen molar-refractivity contribution in [2.24, 2.45) is 5.73 Å². The van der Waals surface area contributed by atoms with Crippen LogP contribution < -0.4 is 15.8 Å². The van der Waals surface area contributed by atoms with Gasteiger partial charge in [-0.2, -0.15) is 0 Å². The fourth-order valence-corrected chi connectivity index (χ4v) is 1.01. The molecule has 15 heavy (non-hydrogen) atoms. The molecule has 0 aliphatic carbocycles. The van der Waals surface area contributed by atoms with E-state index in [4.69, 9.17) is 15.9 Å². The van der Waals surface area contributed by atoms with Crippen molar-refractivity contribution in [2.75, 3.05) is 12.4 Å². The number of nitrogens with zero attached hydrogens (tertiary/aromatic N) is 1. The lowest BCUT2D eigenvalue weighted by molar-refractivity contribution is 0.398. The number of anilines is 1. The fourth-order valence-electron chi connectivity index (χ4n) is 1.01. The molecular formula is C10H14N4O. The third kappa shape index (κ3) is 3.68. The molecule has 1 rings (SSSR count). The second-order valence-corrected chi connectivity index (χ2v) is 3.00. The number of aromatic nitrogens is 1. The SMILES string of the molecule is COc1ccc(N/C(N)=C\C(C)=N)cn1. The monoisotopic (exact) mass is 206 g/mol. The summed E-state index contributed by atoms with van der Waals surface area (Å²) in [5, 5.41) is 10.1. The van der Waals surface area contributed by atoms with Gasteiger partial charge in [-0.25, -0.2) is 4.98 Å². The van der Waals surface area contributed by atoms with Gasteiger partial charge in [-0.1, -0.05) is 0 Å². The molecule has 5 nitrogen and oxygen atoms in total. The average Bonchev–Trinajstić information content (AvgIpc) is 2.17. The van der Waals surface area contributed by atoms with Crippen LogP contribution >= 0.6 is 0 Å². The van der Waals surface area contributed by atoms with E-state index < -0.39 is 0 Å². The second kappa shape index (κ2) is 4.99. The summed E-state index contributed by atoms with van der Waals surface area (Å²) in [4.78, 5) is 4.01. The Kier molecular flexibility index (Phi) is 3.68. The van der Waals surface area contributed by atoms with Gasteiger partial charge in [-0.15, -0.1) is 0 Å². The van der Waals surface area contributed by atoms with E-state index >= 15 is 0 Å². The summed E-state index contributed by atoms with van der Waals surface area (Å²) in [6.07, 6.45) is 3.14. The van der Waals surface area contributed by atoms with Crippen molar-refractivity contribution in [1.29, 1.82) is 5.41 Å². The summed E-state index contributed by atoms with van der Waals surface area (Å²) in [6, 6.07) is 3.53. The Bertz CT molecular complexity index is 370. The van der Waals surface area contributed by atoms with Gasteiger partial charge in [0.1, 0.15) is 5.82 Å². The molecule has 0 bridgehead atoms. The quantitative estimate of drug-likeness (QED) is 0.649. The minimum absolute atomic E-state index is 0.390. The predicted octanol–water partition coefficient (Wildman–Crippen LogP) is 1.34. The molecule has 0 spiro atoms. The van der Waals surface area contributed by atoms with Crippen LogP contribution in [0.3, 0.4) is 0 Å². The molecular weight excluding hydrogens is 192 g/mol. The first-order valence-electron chi connectivity index (χ1n) is 4.41.